The highest BCUT2D eigenvalue weighted by molar-refractivity contribution is 6.00. The lowest BCUT2D eigenvalue weighted by Gasteiger charge is -2.31. The highest BCUT2D eigenvalue weighted by atomic mass is 19.1. The van der Waals surface area contributed by atoms with Gasteiger partial charge >= 0.3 is 0 Å². The molecule has 3 heteroatoms. The highest BCUT2D eigenvalue weighted by Gasteiger charge is 2.28. The van der Waals surface area contributed by atoms with Crippen molar-refractivity contribution in [2.24, 2.45) is 4.99 Å². The molecule has 0 aliphatic carbocycles. The molecule has 0 bridgehead atoms. The fourth-order valence-corrected chi connectivity index (χ4v) is 3.39. The van der Waals surface area contributed by atoms with Crippen molar-refractivity contribution in [3.8, 4) is 0 Å². The number of benzene rings is 3. The summed E-state index contributed by atoms with van der Waals surface area (Å²) >= 11 is 0. The fourth-order valence-electron chi connectivity index (χ4n) is 3.39. The predicted molar refractivity (Wildman–Crippen MR) is 99.2 cm³/mol. The van der Waals surface area contributed by atoms with Gasteiger partial charge in [-0.05, 0) is 35.4 Å². The van der Waals surface area contributed by atoms with Crippen LogP contribution in [0.5, 0.6) is 0 Å². The summed E-state index contributed by atoms with van der Waals surface area (Å²) in [5.41, 5.74) is 3.41. The van der Waals surface area contributed by atoms with Crippen molar-refractivity contribution in [2.75, 3.05) is 13.1 Å². The molecule has 3 aromatic rings. The summed E-state index contributed by atoms with van der Waals surface area (Å²) in [6.07, 6.45) is 0. The zero-order valence-corrected chi connectivity index (χ0v) is 13.8. The Labute approximate surface area is 147 Å². The minimum absolute atomic E-state index is 0.0914. The standard InChI is InChI=1S/C22H19FN2/c23-20-13-11-19(12-14-20)22-24-15-16-25(22)21(17-7-3-1-4-8-17)18-9-5-2-6-10-18/h1-14,21H,15-16H2. The summed E-state index contributed by atoms with van der Waals surface area (Å²) in [6, 6.07) is 27.6. The number of hydrogen-bond donors (Lipinski definition) is 0. The van der Waals surface area contributed by atoms with Gasteiger partial charge in [-0.3, -0.25) is 4.99 Å². The van der Waals surface area contributed by atoms with Crippen LogP contribution in [0.25, 0.3) is 0 Å². The van der Waals surface area contributed by atoms with Crippen LogP contribution in [0.3, 0.4) is 0 Å². The quantitative estimate of drug-likeness (QED) is 0.678. The first-order chi connectivity index (χ1) is 12.3. The maximum atomic E-state index is 13.3. The van der Waals surface area contributed by atoms with E-state index >= 15 is 0 Å². The van der Waals surface area contributed by atoms with Gasteiger partial charge in [0.05, 0.1) is 12.6 Å². The Hall–Kier alpha value is -2.94. The number of nitrogens with zero attached hydrogens (tertiary/aromatic N) is 2. The van der Waals surface area contributed by atoms with Crippen LogP contribution in [0, 0.1) is 5.82 Å². The van der Waals surface area contributed by atoms with Gasteiger partial charge in [-0.25, -0.2) is 4.39 Å². The first kappa shape index (κ1) is 15.6. The maximum absolute atomic E-state index is 13.3. The molecule has 3 aromatic carbocycles. The highest BCUT2D eigenvalue weighted by Crippen LogP contribution is 2.31. The van der Waals surface area contributed by atoms with Gasteiger partial charge in [-0.15, -0.1) is 0 Å². The Morgan fingerprint density at radius 2 is 1.32 bits per heavy atom. The first-order valence-electron chi connectivity index (χ1n) is 8.50. The normalized spacial score (nSPS) is 14.0. The molecular formula is C22H19FN2. The van der Waals surface area contributed by atoms with Crippen molar-refractivity contribution in [1.82, 2.24) is 4.90 Å². The Bertz CT molecular complexity index is 818. The van der Waals surface area contributed by atoms with Crippen molar-refractivity contribution >= 4 is 5.84 Å². The number of amidine groups is 1. The molecule has 25 heavy (non-hydrogen) atoms. The van der Waals surface area contributed by atoms with E-state index in [9.17, 15) is 4.39 Å². The van der Waals surface area contributed by atoms with Crippen molar-refractivity contribution in [2.45, 2.75) is 6.04 Å². The molecule has 1 aliphatic heterocycles. The molecule has 1 heterocycles. The Morgan fingerprint density at radius 3 is 1.88 bits per heavy atom. The summed E-state index contributed by atoms with van der Waals surface area (Å²) in [6.45, 7) is 1.60. The van der Waals surface area contributed by atoms with E-state index in [1.807, 2.05) is 12.1 Å². The monoisotopic (exact) mass is 330 g/mol. The third-order valence-corrected chi connectivity index (χ3v) is 4.52. The van der Waals surface area contributed by atoms with Crippen molar-refractivity contribution in [1.29, 1.82) is 0 Å². The molecule has 124 valence electrons. The largest absolute Gasteiger partial charge is 0.343 e. The second kappa shape index (κ2) is 6.89. The average Bonchev–Trinajstić information content (AvgIpc) is 3.14. The van der Waals surface area contributed by atoms with E-state index in [-0.39, 0.29) is 11.9 Å². The van der Waals surface area contributed by atoms with Gasteiger partial charge < -0.3 is 4.90 Å². The molecule has 2 nitrogen and oxygen atoms in total. The van der Waals surface area contributed by atoms with Crippen LogP contribution in [0.15, 0.2) is 89.9 Å². The van der Waals surface area contributed by atoms with Crippen LogP contribution in [-0.4, -0.2) is 23.8 Å². The van der Waals surface area contributed by atoms with Crippen molar-refractivity contribution in [3.05, 3.63) is 107 Å². The van der Waals surface area contributed by atoms with E-state index in [1.54, 1.807) is 12.1 Å². The topological polar surface area (TPSA) is 15.6 Å². The lowest BCUT2D eigenvalue weighted by atomic mass is 9.96. The van der Waals surface area contributed by atoms with Gasteiger partial charge in [0.2, 0.25) is 0 Å². The zero-order valence-electron chi connectivity index (χ0n) is 13.8. The predicted octanol–water partition coefficient (Wildman–Crippen LogP) is 4.68. The Morgan fingerprint density at radius 1 is 0.760 bits per heavy atom. The van der Waals surface area contributed by atoms with Crippen molar-refractivity contribution < 1.29 is 4.39 Å². The van der Waals surface area contributed by atoms with E-state index in [2.05, 4.69) is 53.4 Å². The van der Waals surface area contributed by atoms with Crippen LogP contribution in [-0.2, 0) is 0 Å². The molecule has 4 rings (SSSR count). The smallest absolute Gasteiger partial charge is 0.131 e. The summed E-state index contributed by atoms with van der Waals surface area (Å²) in [5.74, 6) is 0.703. The SMILES string of the molecule is Fc1ccc(C2=NCCN2C(c2ccccc2)c2ccccc2)cc1. The summed E-state index contributed by atoms with van der Waals surface area (Å²) in [7, 11) is 0. The molecule has 0 spiro atoms. The lowest BCUT2D eigenvalue weighted by molar-refractivity contribution is 0.389. The number of aliphatic imine (C=N–C) groups is 1. The molecular weight excluding hydrogens is 311 g/mol. The van der Waals surface area contributed by atoms with Gasteiger partial charge in [-0.2, -0.15) is 0 Å². The molecule has 0 atom stereocenters. The van der Waals surface area contributed by atoms with Crippen molar-refractivity contribution in [3.63, 3.8) is 0 Å². The molecule has 0 N–H and O–H groups in total. The summed E-state index contributed by atoms with van der Waals surface area (Å²) in [4.78, 5) is 7.03. The van der Waals surface area contributed by atoms with Gasteiger partial charge in [-0.1, -0.05) is 60.7 Å². The van der Waals surface area contributed by atoms with Crippen LogP contribution in [0.1, 0.15) is 22.7 Å². The van der Waals surface area contributed by atoms with Crippen LogP contribution in [0.4, 0.5) is 4.39 Å². The maximum Gasteiger partial charge on any atom is 0.131 e. The fraction of sp³-hybridized carbons (Fsp3) is 0.136. The second-order valence-corrected chi connectivity index (χ2v) is 6.13. The molecule has 0 amide bonds. The van der Waals surface area contributed by atoms with Gasteiger partial charge in [0.15, 0.2) is 0 Å². The van der Waals surface area contributed by atoms with E-state index in [1.165, 1.54) is 23.3 Å². The van der Waals surface area contributed by atoms with E-state index in [0.29, 0.717) is 0 Å². The molecule has 0 saturated carbocycles. The Balaban J connectivity index is 1.77. The molecule has 1 aliphatic rings. The molecule has 0 radical (unpaired) electrons. The summed E-state index contributed by atoms with van der Waals surface area (Å²) in [5, 5.41) is 0. The minimum atomic E-state index is -0.225. The number of halogens is 1. The third kappa shape index (κ3) is 3.18. The van der Waals surface area contributed by atoms with Gasteiger partial charge in [0.25, 0.3) is 0 Å². The zero-order chi connectivity index (χ0) is 17.1. The first-order valence-corrected chi connectivity index (χ1v) is 8.50. The van der Waals surface area contributed by atoms with Gasteiger partial charge in [0, 0.05) is 12.1 Å². The molecule has 0 saturated heterocycles. The summed E-state index contributed by atoms with van der Waals surface area (Å²) < 4.78 is 13.3. The molecule has 0 fully saturated rings. The Kier molecular flexibility index (Phi) is 4.30. The van der Waals surface area contributed by atoms with E-state index < -0.39 is 0 Å². The lowest BCUT2D eigenvalue weighted by Crippen LogP contribution is -2.33. The van der Waals surface area contributed by atoms with Crippen LogP contribution < -0.4 is 0 Å². The average molecular weight is 330 g/mol. The van der Waals surface area contributed by atoms with Crippen LogP contribution >= 0.6 is 0 Å². The number of hydrogen-bond acceptors (Lipinski definition) is 2. The number of rotatable bonds is 4. The minimum Gasteiger partial charge on any atom is -0.343 e. The third-order valence-electron chi connectivity index (χ3n) is 4.52. The van der Waals surface area contributed by atoms with E-state index in [4.69, 9.17) is 4.99 Å². The second-order valence-electron chi connectivity index (χ2n) is 6.13. The molecule has 0 aromatic heterocycles. The van der Waals surface area contributed by atoms with Gasteiger partial charge in [0.1, 0.15) is 11.7 Å². The van der Waals surface area contributed by atoms with Crippen LogP contribution in [0.2, 0.25) is 0 Å². The van der Waals surface area contributed by atoms with E-state index in [0.717, 1.165) is 24.5 Å². The molecule has 0 unspecified atom stereocenters.